The van der Waals surface area contributed by atoms with Crippen molar-refractivity contribution >= 4 is 11.4 Å². The molecule has 0 bridgehead atoms. The summed E-state index contributed by atoms with van der Waals surface area (Å²) in [7, 11) is 0. The van der Waals surface area contributed by atoms with E-state index in [-0.39, 0.29) is 11.4 Å². The highest BCUT2D eigenvalue weighted by Gasteiger charge is 2.27. The fourth-order valence-electron chi connectivity index (χ4n) is 2.18. The van der Waals surface area contributed by atoms with Crippen LogP contribution in [-0.4, -0.2) is 35.5 Å². The SMILES string of the molecule is CCN(CCNc1cc(F)ccc1[N+](=O)[O-])C1CC1. The first-order chi connectivity index (χ1) is 9.11. The lowest BCUT2D eigenvalue weighted by Crippen LogP contribution is -2.31. The first kappa shape index (κ1) is 13.7. The molecule has 0 amide bonds. The zero-order valence-corrected chi connectivity index (χ0v) is 10.9. The average Bonchev–Trinajstić information content (AvgIpc) is 3.18. The van der Waals surface area contributed by atoms with Crippen molar-refractivity contribution in [1.82, 2.24) is 4.90 Å². The molecule has 1 saturated carbocycles. The van der Waals surface area contributed by atoms with Crippen molar-refractivity contribution in [3.8, 4) is 0 Å². The summed E-state index contributed by atoms with van der Waals surface area (Å²) in [5.74, 6) is -0.470. The monoisotopic (exact) mass is 267 g/mol. The number of hydrogen-bond acceptors (Lipinski definition) is 4. The average molecular weight is 267 g/mol. The van der Waals surface area contributed by atoms with Gasteiger partial charge in [0.25, 0.3) is 5.69 Å². The molecule has 2 rings (SSSR count). The Morgan fingerprint density at radius 2 is 2.26 bits per heavy atom. The van der Waals surface area contributed by atoms with E-state index in [0.29, 0.717) is 12.6 Å². The van der Waals surface area contributed by atoms with Crippen LogP contribution in [0.3, 0.4) is 0 Å². The van der Waals surface area contributed by atoms with Crippen molar-refractivity contribution in [2.75, 3.05) is 25.0 Å². The van der Waals surface area contributed by atoms with E-state index in [1.165, 1.54) is 25.0 Å². The topological polar surface area (TPSA) is 58.4 Å². The largest absolute Gasteiger partial charge is 0.378 e. The van der Waals surface area contributed by atoms with E-state index >= 15 is 0 Å². The van der Waals surface area contributed by atoms with Gasteiger partial charge in [0.05, 0.1) is 4.92 Å². The maximum absolute atomic E-state index is 13.1. The number of anilines is 1. The normalized spacial score (nSPS) is 14.7. The van der Waals surface area contributed by atoms with Gasteiger partial charge < -0.3 is 5.32 Å². The Labute approximate surface area is 111 Å². The molecule has 6 heteroatoms. The molecule has 0 aliphatic heterocycles. The number of benzene rings is 1. The lowest BCUT2D eigenvalue weighted by molar-refractivity contribution is -0.384. The third kappa shape index (κ3) is 3.64. The number of rotatable bonds is 7. The Kier molecular flexibility index (Phi) is 4.31. The number of likely N-dealkylation sites (N-methyl/N-ethyl adjacent to an activating group) is 1. The first-order valence-electron chi connectivity index (χ1n) is 6.53. The van der Waals surface area contributed by atoms with E-state index in [1.54, 1.807) is 0 Å². The van der Waals surface area contributed by atoms with Crippen LogP contribution in [0.1, 0.15) is 19.8 Å². The van der Waals surface area contributed by atoms with Gasteiger partial charge in [-0.1, -0.05) is 6.92 Å². The molecule has 0 saturated heterocycles. The summed E-state index contributed by atoms with van der Waals surface area (Å²) < 4.78 is 13.1. The highest BCUT2D eigenvalue weighted by atomic mass is 19.1. The molecule has 1 aromatic carbocycles. The van der Waals surface area contributed by atoms with Gasteiger partial charge in [-0.05, 0) is 25.5 Å². The molecule has 0 aromatic heterocycles. The van der Waals surface area contributed by atoms with Gasteiger partial charge in [-0.3, -0.25) is 15.0 Å². The van der Waals surface area contributed by atoms with Crippen LogP contribution in [0.4, 0.5) is 15.8 Å². The second-order valence-electron chi connectivity index (χ2n) is 4.71. The van der Waals surface area contributed by atoms with Crippen LogP contribution in [0.2, 0.25) is 0 Å². The quantitative estimate of drug-likeness (QED) is 0.609. The summed E-state index contributed by atoms with van der Waals surface area (Å²) in [5.41, 5.74) is 0.160. The van der Waals surface area contributed by atoms with Crippen LogP contribution in [0.25, 0.3) is 0 Å². The summed E-state index contributed by atoms with van der Waals surface area (Å²) in [6, 6.07) is 4.13. The molecule has 1 N–H and O–H groups in total. The van der Waals surface area contributed by atoms with Crippen LogP contribution in [0.5, 0.6) is 0 Å². The molecule has 104 valence electrons. The Morgan fingerprint density at radius 1 is 1.53 bits per heavy atom. The summed E-state index contributed by atoms with van der Waals surface area (Å²) >= 11 is 0. The van der Waals surface area contributed by atoms with E-state index in [4.69, 9.17) is 0 Å². The van der Waals surface area contributed by atoms with Crippen molar-refractivity contribution in [1.29, 1.82) is 0 Å². The minimum Gasteiger partial charge on any atom is -0.378 e. The fourth-order valence-corrected chi connectivity index (χ4v) is 2.18. The van der Waals surface area contributed by atoms with E-state index < -0.39 is 10.7 Å². The van der Waals surface area contributed by atoms with Gasteiger partial charge in [-0.25, -0.2) is 4.39 Å². The van der Waals surface area contributed by atoms with Crippen molar-refractivity contribution in [2.24, 2.45) is 0 Å². The van der Waals surface area contributed by atoms with E-state index in [0.717, 1.165) is 19.2 Å². The molecule has 0 spiro atoms. The van der Waals surface area contributed by atoms with E-state index in [1.807, 2.05) is 0 Å². The summed E-state index contributed by atoms with van der Waals surface area (Å²) in [6.07, 6.45) is 2.46. The Balaban J connectivity index is 1.94. The highest BCUT2D eigenvalue weighted by Crippen LogP contribution is 2.27. The Bertz CT molecular complexity index is 463. The molecule has 0 unspecified atom stereocenters. The van der Waals surface area contributed by atoms with E-state index in [9.17, 15) is 14.5 Å². The van der Waals surface area contributed by atoms with Crippen LogP contribution in [-0.2, 0) is 0 Å². The van der Waals surface area contributed by atoms with E-state index in [2.05, 4.69) is 17.1 Å². The highest BCUT2D eigenvalue weighted by molar-refractivity contribution is 5.61. The number of hydrogen-bond donors (Lipinski definition) is 1. The van der Waals surface area contributed by atoms with Crippen molar-refractivity contribution in [3.63, 3.8) is 0 Å². The molecule has 19 heavy (non-hydrogen) atoms. The van der Waals surface area contributed by atoms with Gasteiger partial charge >= 0.3 is 0 Å². The molecule has 1 aliphatic carbocycles. The standard InChI is InChI=1S/C13H18FN3O2/c1-2-16(11-4-5-11)8-7-15-12-9-10(14)3-6-13(12)17(18)19/h3,6,9,11,15H,2,4-5,7-8H2,1H3. The second-order valence-corrected chi connectivity index (χ2v) is 4.71. The number of nitrogens with zero attached hydrogens (tertiary/aromatic N) is 2. The van der Waals surface area contributed by atoms with Gasteiger partial charge in [0.1, 0.15) is 11.5 Å². The van der Waals surface area contributed by atoms with Crippen LogP contribution in [0.15, 0.2) is 18.2 Å². The molecule has 1 fully saturated rings. The van der Waals surface area contributed by atoms with Gasteiger partial charge in [0, 0.05) is 31.3 Å². The molecule has 1 aromatic rings. The van der Waals surface area contributed by atoms with Gasteiger partial charge in [0.15, 0.2) is 0 Å². The Hall–Kier alpha value is -1.69. The lowest BCUT2D eigenvalue weighted by Gasteiger charge is -2.20. The minimum atomic E-state index is -0.500. The summed E-state index contributed by atoms with van der Waals surface area (Å²) in [6.45, 7) is 4.46. The molecular weight excluding hydrogens is 249 g/mol. The number of nitro benzene ring substituents is 1. The third-order valence-corrected chi connectivity index (χ3v) is 3.34. The smallest absolute Gasteiger partial charge is 0.292 e. The molecule has 0 radical (unpaired) electrons. The molecule has 5 nitrogen and oxygen atoms in total. The zero-order valence-electron chi connectivity index (χ0n) is 10.9. The van der Waals surface area contributed by atoms with Crippen LogP contribution >= 0.6 is 0 Å². The number of nitrogens with one attached hydrogen (secondary N) is 1. The summed E-state index contributed by atoms with van der Waals surface area (Å²) in [5, 5.41) is 13.8. The van der Waals surface area contributed by atoms with Crippen molar-refractivity contribution in [3.05, 3.63) is 34.1 Å². The van der Waals surface area contributed by atoms with Gasteiger partial charge in [0.2, 0.25) is 0 Å². The zero-order chi connectivity index (χ0) is 13.8. The number of nitro groups is 1. The van der Waals surface area contributed by atoms with Crippen LogP contribution in [0, 0.1) is 15.9 Å². The molecule has 0 atom stereocenters. The third-order valence-electron chi connectivity index (χ3n) is 3.34. The first-order valence-corrected chi connectivity index (χ1v) is 6.53. The number of halogens is 1. The molecule has 0 heterocycles. The Morgan fingerprint density at radius 3 is 2.84 bits per heavy atom. The lowest BCUT2D eigenvalue weighted by atomic mass is 10.2. The predicted octanol–water partition coefficient (Wildman–Crippen LogP) is 2.63. The predicted molar refractivity (Wildman–Crippen MR) is 71.8 cm³/mol. The van der Waals surface area contributed by atoms with Gasteiger partial charge in [-0.15, -0.1) is 0 Å². The van der Waals surface area contributed by atoms with Crippen LogP contribution < -0.4 is 5.32 Å². The maximum Gasteiger partial charge on any atom is 0.292 e. The maximum atomic E-state index is 13.1. The molecule has 1 aliphatic rings. The fraction of sp³-hybridized carbons (Fsp3) is 0.538. The summed E-state index contributed by atoms with van der Waals surface area (Å²) in [4.78, 5) is 12.7. The second kappa shape index (κ2) is 5.97. The van der Waals surface area contributed by atoms with Crippen molar-refractivity contribution < 1.29 is 9.31 Å². The van der Waals surface area contributed by atoms with Crippen molar-refractivity contribution in [2.45, 2.75) is 25.8 Å². The molecular formula is C13H18FN3O2. The minimum absolute atomic E-state index is 0.0872. The van der Waals surface area contributed by atoms with Gasteiger partial charge in [-0.2, -0.15) is 0 Å².